The predicted octanol–water partition coefficient (Wildman–Crippen LogP) is 15.6. The van der Waals surface area contributed by atoms with E-state index in [-0.39, 0.29) is 56.2 Å². The molecule has 0 radical (unpaired) electrons. The smallest absolute Gasteiger partial charge is 0.307 e. The van der Waals surface area contributed by atoms with Crippen LogP contribution in [0.3, 0.4) is 0 Å². The molecule has 3 heterocycles. The summed E-state index contributed by atoms with van der Waals surface area (Å²) in [5, 5.41) is 14.6. The Labute approximate surface area is 412 Å². The van der Waals surface area contributed by atoms with Crippen molar-refractivity contribution in [2.75, 3.05) is 9.80 Å². The average Bonchev–Trinajstić information content (AvgIpc) is 3.45. The number of aromatic nitrogens is 6. The van der Waals surface area contributed by atoms with Crippen molar-refractivity contribution in [3.05, 3.63) is 234 Å². The maximum absolute atomic E-state index is 10.2. The van der Waals surface area contributed by atoms with Crippen LogP contribution in [-0.2, 0) is 0 Å². The van der Waals surface area contributed by atoms with E-state index in [4.69, 9.17) is 29.7 Å². The van der Waals surface area contributed by atoms with Crippen LogP contribution in [-0.4, -0.2) is 29.9 Å². The van der Waals surface area contributed by atoms with Crippen LogP contribution in [0.1, 0.15) is 5.69 Å². The normalized spacial score (nSPS) is 11.0. The van der Waals surface area contributed by atoms with Crippen LogP contribution in [0.2, 0.25) is 0 Å². The van der Waals surface area contributed by atoms with Crippen LogP contribution in [0.4, 0.5) is 51.6 Å². The SMILES string of the molecule is [C-]#[N+]c1nc2c(nc1C#N)c1nc(-c3ccc(N(c4ccccc4)c4cccc5ccccc45)cc3)c(-c3ccc(N(c4ccccc4)c4cccc5ccccc45)cc3)nc1c1nc([N+]#[C-])c([N+]#[C-])nc21. The number of nitrogens with zero attached hydrogens (tertiary/aromatic N) is 12. The molecule has 0 atom stereocenters. The number of hydrogen-bond acceptors (Lipinski definition) is 9. The lowest BCUT2D eigenvalue weighted by Crippen LogP contribution is -2.10. The molecule has 12 rings (SSSR count). The number of hydrogen-bond donors (Lipinski definition) is 0. The molecular weight excluding hydrogens is 889 g/mol. The van der Waals surface area contributed by atoms with Crippen LogP contribution in [0.15, 0.2) is 194 Å². The second-order valence-corrected chi connectivity index (χ2v) is 16.7. The van der Waals surface area contributed by atoms with E-state index in [0.29, 0.717) is 11.4 Å². The summed E-state index contributed by atoms with van der Waals surface area (Å²) in [4.78, 5) is 44.1. The van der Waals surface area contributed by atoms with E-state index in [2.05, 4.69) is 153 Å². The minimum atomic E-state index is -0.242. The van der Waals surface area contributed by atoms with E-state index < -0.39 is 0 Å². The number of fused-ring (bicyclic) bond motifs is 8. The van der Waals surface area contributed by atoms with Gasteiger partial charge in [0.2, 0.25) is 11.0 Å². The summed E-state index contributed by atoms with van der Waals surface area (Å²) in [5.74, 6) is -0.703. The van der Waals surface area contributed by atoms with Gasteiger partial charge in [0.15, 0.2) is 5.69 Å². The fourth-order valence-electron chi connectivity index (χ4n) is 9.33. The van der Waals surface area contributed by atoms with Crippen molar-refractivity contribution in [2.24, 2.45) is 0 Å². The molecule has 0 amide bonds. The largest absolute Gasteiger partial charge is 0.370 e. The van der Waals surface area contributed by atoms with E-state index in [1.54, 1.807) is 0 Å². The van der Waals surface area contributed by atoms with Gasteiger partial charge in [-0.25, -0.2) is 15.0 Å². The van der Waals surface area contributed by atoms with Crippen LogP contribution in [0.5, 0.6) is 0 Å². The van der Waals surface area contributed by atoms with Gasteiger partial charge in [-0.15, -0.1) is 15.0 Å². The lowest BCUT2D eigenvalue weighted by molar-refractivity contribution is 1.23. The Morgan fingerprint density at radius 1 is 0.347 bits per heavy atom. The van der Waals surface area contributed by atoms with Gasteiger partial charge in [-0.2, -0.15) is 5.26 Å². The number of para-hydroxylation sites is 2. The molecule has 12 aromatic rings. The fraction of sp³-hybridized carbons (Fsp3) is 0. The van der Waals surface area contributed by atoms with E-state index in [1.165, 1.54) is 0 Å². The van der Waals surface area contributed by atoms with Crippen molar-refractivity contribution in [3.63, 3.8) is 0 Å². The highest BCUT2D eigenvalue weighted by molar-refractivity contribution is 6.19. The van der Waals surface area contributed by atoms with Gasteiger partial charge in [0.05, 0.1) is 22.8 Å². The van der Waals surface area contributed by atoms with Gasteiger partial charge in [0.25, 0.3) is 17.2 Å². The Bertz CT molecular complexity index is 4030. The minimum Gasteiger partial charge on any atom is -0.370 e. The zero-order valence-corrected chi connectivity index (χ0v) is 37.8. The molecule has 0 spiro atoms. The molecule has 0 aliphatic heterocycles. The fourth-order valence-corrected chi connectivity index (χ4v) is 9.33. The second-order valence-electron chi connectivity index (χ2n) is 16.7. The van der Waals surface area contributed by atoms with Gasteiger partial charge in [-0.1, -0.05) is 153 Å². The molecule has 0 aliphatic rings. The predicted molar refractivity (Wildman–Crippen MR) is 284 cm³/mol. The number of nitriles is 1. The highest BCUT2D eigenvalue weighted by atomic mass is 15.2. The molecule has 0 N–H and O–H groups in total. The summed E-state index contributed by atoms with van der Waals surface area (Å²) in [7, 11) is 0. The quantitative estimate of drug-likeness (QED) is 0.108. The molecule has 0 saturated carbocycles. The number of rotatable bonds is 8. The first-order valence-corrected chi connectivity index (χ1v) is 22.7. The standard InChI is InChI=1S/C60H32N12/c1-62-58-47(36-61)65-52-53-54(56-57(55(52)68-58)70-60(64-3)59(63-2)69-56)67-51(40-30-34-44(35-31-40)72(42-22-8-5-9-23-42)49-27-15-19-38-17-11-13-25-46(38)49)50(66-53)39-28-32-43(33-29-39)71(41-20-6-4-7-21-41)48-26-14-18-37-16-10-12-24-45(37)48/h4-35H. The molecule has 0 bridgehead atoms. The first-order valence-electron chi connectivity index (χ1n) is 22.7. The Morgan fingerprint density at radius 2 is 0.694 bits per heavy atom. The first kappa shape index (κ1) is 42.4. The van der Waals surface area contributed by atoms with Crippen LogP contribution < -0.4 is 9.80 Å². The Hall–Kier alpha value is -10.9. The highest BCUT2D eigenvalue weighted by Gasteiger charge is 2.29. The molecule has 9 aromatic carbocycles. The van der Waals surface area contributed by atoms with Gasteiger partial charge in [0, 0.05) is 44.6 Å². The highest BCUT2D eigenvalue weighted by Crippen LogP contribution is 2.44. The zero-order valence-electron chi connectivity index (χ0n) is 37.8. The number of anilines is 6. The molecule has 3 aromatic heterocycles. The molecule has 0 saturated heterocycles. The molecule has 12 heteroatoms. The average molecular weight is 921 g/mol. The maximum atomic E-state index is 10.2. The Kier molecular flexibility index (Phi) is 10.4. The van der Waals surface area contributed by atoms with Crippen LogP contribution in [0, 0.1) is 31.0 Å². The summed E-state index contributed by atoms with van der Waals surface area (Å²) < 4.78 is 0. The molecule has 332 valence electrons. The van der Waals surface area contributed by atoms with E-state index >= 15 is 0 Å². The maximum Gasteiger partial charge on any atom is 0.307 e. The molecule has 12 nitrogen and oxygen atoms in total. The molecular formula is C60H32N12. The second kappa shape index (κ2) is 17.6. The van der Waals surface area contributed by atoms with Crippen molar-refractivity contribution in [1.82, 2.24) is 29.9 Å². The monoisotopic (exact) mass is 920 g/mol. The van der Waals surface area contributed by atoms with Gasteiger partial charge in [0.1, 0.15) is 22.6 Å². The zero-order chi connectivity index (χ0) is 48.7. The summed E-state index contributed by atoms with van der Waals surface area (Å²) in [6.45, 7) is 23.6. The lowest BCUT2D eigenvalue weighted by Gasteiger charge is -2.27. The van der Waals surface area contributed by atoms with E-state index in [9.17, 15) is 5.26 Å². The minimum absolute atomic E-state index is 0.104. The first-order chi connectivity index (χ1) is 35.5. The third-order valence-corrected chi connectivity index (χ3v) is 12.6. The third-order valence-electron chi connectivity index (χ3n) is 12.6. The molecule has 0 fully saturated rings. The van der Waals surface area contributed by atoms with E-state index in [1.807, 2.05) is 91.0 Å². The third kappa shape index (κ3) is 7.14. The van der Waals surface area contributed by atoms with Gasteiger partial charge in [-0.05, 0) is 71.4 Å². The summed E-state index contributed by atoms with van der Waals surface area (Å²) >= 11 is 0. The van der Waals surface area contributed by atoms with Gasteiger partial charge < -0.3 is 24.3 Å². The van der Waals surface area contributed by atoms with Crippen LogP contribution >= 0.6 is 0 Å². The van der Waals surface area contributed by atoms with Crippen molar-refractivity contribution >= 4 is 106 Å². The van der Waals surface area contributed by atoms with Crippen LogP contribution in [0.25, 0.3) is 91.7 Å². The lowest BCUT2D eigenvalue weighted by atomic mass is 10.0. The molecule has 72 heavy (non-hydrogen) atoms. The summed E-state index contributed by atoms with van der Waals surface area (Å²) in [6, 6.07) is 67.9. The molecule has 0 unspecified atom stereocenters. The Balaban J connectivity index is 1.10. The summed E-state index contributed by atoms with van der Waals surface area (Å²) in [6.07, 6.45) is 0. The van der Waals surface area contributed by atoms with Crippen molar-refractivity contribution in [1.29, 1.82) is 5.26 Å². The van der Waals surface area contributed by atoms with E-state index in [0.717, 1.165) is 66.8 Å². The van der Waals surface area contributed by atoms with Gasteiger partial charge >= 0.3 is 5.82 Å². The van der Waals surface area contributed by atoms with Gasteiger partial charge in [-0.3, -0.25) is 0 Å². The van der Waals surface area contributed by atoms with Crippen molar-refractivity contribution < 1.29 is 0 Å². The Morgan fingerprint density at radius 3 is 1.11 bits per heavy atom. The van der Waals surface area contributed by atoms with Crippen molar-refractivity contribution in [2.45, 2.75) is 0 Å². The topological polar surface area (TPSA) is 121 Å². The van der Waals surface area contributed by atoms with Crippen molar-refractivity contribution in [3.8, 4) is 28.6 Å². The summed E-state index contributed by atoms with van der Waals surface area (Å²) in [5.41, 5.74) is 8.95. The molecule has 0 aliphatic carbocycles. The number of benzene rings is 9.